The molecule has 318 valence electrons. The van der Waals surface area contributed by atoms with Gasteiger partial charge in [-0.1, -0.05) is 192 Å². The van der Waals surface area contributed by atoms with Gasteiger partial charge in [0, 0.05) is 20.0 Å². The van der Waals surface area contributed by atoms with Crippen LogP contribution >= 0.6 is 7.82 Å². The Hall–Kier alpha value is -1.47. The topological polar surface area (TPSA) is 108 Å². The molecule has 0 aromatic carbocycles. The van der Waals surface area contributed by atoms with E-state index >= 15 is 0 Å². The third kappa shape index (κ3) is 40.2. The second-order valence-electron chi connectivity index (χ2n) is 15.2. The number of carbonyl (C=O) groups is 2. The van der Waals surface area contributed by atoms with Gasteiger partial charge >= 0.3 is 19.8 Å². The summed E-state index contributed by atoms with van der Waals surface area (Å²) in [6.45, 7) is 3.89. The first kappa shape index (κ1) is 52.5. The van der Waals surface area contributed by atoms with Gasteiger partial charge in [-0.3, -0.25) is 18.6 Å². The predicted molar refractivity (Wildman–Crippen MR) is 226 cm³/mol. The van der Waals surface area contributed by atoms with Crippen LogP contribution in [0.5, 0.6) is 0 Å². The molecule has 8 nitrogen and oxygen atoms in total. The lowest BCUT2D eigenvalue weighted by Gasteiger charge is -2.19. The second kappa shape index (κ2) is 41.2. The van der Waals surface area contributed by atoms with Crippen molar-refractivity contribution in [1.29, 1.82) is 0 Å². The molecule has 0 aromatic heterocycles. The van der Waals surface area contributed by atoms with E-state index < -0.39 is 26.5 Å². The van der Waals surface area contributed by atoms with E-state index in [0.29, 0.717) is 12.8 Å². The summed E-state index contributed by atoms with van der Waals surface area (Å²) in [5.41, 5.74) is 0. The number of phosphoric ester groups is 1. The lowest BCUT2D eigenvalue weighted by Crippen LogP contribution is -2.29. The first-order valence-corrected chi connectivity index (χ1v) is 24.0. The second-order valence-corrected chi connectivity index (χ2v) is 16.8. The standard InChI is InChI=1S/C45H85O8P/c1-4-6-8-10-12-14-16-18-20-22-23-24-26-27-29-31-33-35-37-39-44(46)51-41-43(42-52-54(48,49)50-3)53-45(47)40-38-36-34-32-30-28-25-21-19-17-15-13-11-9-7-5-2/h15,17,21,25,43H,4-14,16,18-20,22-24,26-42H2,1-3H3,(H,48,49)/b17-15-,25-21-. The van der Waals surface area contributed by atoms with Crippen molar-refractivity contribution in [2.75, 3.05) is 20.3 Å². The van der Waals surface area contributed by atoms with E-state index in [1.54, 1.807) is 0 Å². The van der Waals surface area contributed by atoms with Gasteiger partial charge in [0.25, 0.3) is 0 Å². The van der Waals surface area contributed by atoms with Gasteiger partial charge in [-0.15, -0.1) is 0 Å². The monoisotopic (exact) mass is 785 g/mol. The van der Waals surface area contributed by atoms with Gasteiger partial charge in [0.1, 0.15) is 6.61 Å². The van der Waals surface area contributed by atoms with E-state index in [-0.39, 0.29) is 19.0 Å². The third-order valence-corrected chi connectivity index (χ3v) is 10.9. The van der Waals surface area contributed by atoms with E-state index in [1.165, 1.54) is 135 Å². The van der Waals surface area contributed by atoms with E-state index in [0.717, 1.165) is 64.9 Å². The molecule has 0 radical (unpaired) electrons. The largest absolute Gasteiger partial charge is 0.472 e. The summed E-state index contributed by atoms with van der Waals surface area (Å²) in [7, 11) is -3.20. The van der Waals surface area contributed by atoms with Crippen molar-refractivity contribution < 1.29 is 37.6 Å². The molecule has 2 atom stereocenters. The minimum atomic E-state index is -4.26. The third-order valence-electron chi connectivity index (χ3n) is 9.95. The number of unbranched alkanes of at least 4 members (excludes halogenated alkanes) is 27. The highest BCUT2D eigenvalue weighted by molar-refractivity contribution is 7.47. The molecule has 0 saturated carbocycles. The number of esters is 2. The van der Waals surface area contributed by atoms with Crippen LogP contribution in [0.4, 0.5) is 0 Å². The Balaban J connectivity index is 3.95. The first-order valence-electron chi connectivity index (χ1n) is 22.5. The lowest BCUT2D eigenvalue weighted by atomic mass is 10.0. The van der Waals surface area contributed by atoms with Crippen molar-refractivity contribution in [2.24, 2.45) is 0 Å². The van der Waals surface area contributed by atoms with Crippen molar-refractivity contribution in [2.45, 2.75) is 232 Å². The van der Waals surface area contributed by atoms with Crippen LogP contribution in [0, 0.1) is 0 Å². The summed E-state index contributed by atoms with van der Waals surface area (Å²) in [6, 6.07) is 0. The number of allylic oxidation sites excluding steroid dienone is 4. The molecule has 0 aromatic rings. The summed E-state index contributed by atoms with van der Waals surface area (Å²) >= 11 is 0. The molecule has 1 N–H and O–H groups in total. The number of hydrogen-bond acceptors (Lipinski definition) is 7. The number of ether oxygens (including phenoxy) is 2. The lowest BCUT2D eigenvalue weighted by molar-refractivity contribution is -0.161. The summed E-state index contributed by atoms with van der Waals surface area (Å²) in [5, 5.41) is 0. The zero-order valence-corrected chi connectivity index (χ0v) is 36.3. The highest BCUT2D eigenvalue weighted by Gasteiger charge is 2.24. The van der Waals surface area contributed by atoms with Crippen LogP contribution < -0.4 is 0 Å². The quantitative estimate of drug-likeness (QED) is 0.0282. The Morgan fingerprint density at radius 3 is 1.31 bits per heavy atom. The average molecular weight is 785 g/mol. The Labute approximate surface area is 333 Å². The highest BCUT2D eigenvalue weighted by Crippen LogP contribution is 2.42. The molecule has 0 aliphatic rings. The van der Waals surface area contributed by atoms with Crippen molar-refractivity contribution >= 4 is 19.8 Å². The Kier molecular flexibility index (Phi) is 40.1. The van der Waals surface area contributed by atoms with Gasteiger partial charge in [-0.2, -0.15) is 0 Å². The fraction of sp³-hybridized carbons (Fsp3) is 0.867. The van der Waals surface area contributed by atoms with E-state index in [9.17, 15) is 19.0 Å². The van der Waals surface area contributed by atoms with Crippen LogP contribution in [-0.4, -0.2) is 43.3 Å². The minimum absolute atomic E-state index is 0.227. The molecule has 0 spiro atoms. The van der Waals surface area contributed by atoms with E-state index in [2.05, 4.69) is 42.7 Å². The number of rotatable bonds is 42. The minimum Gasteiger partial charge on any atom is -0.462 e. The maximum atomic E-state index is 12.5. The van der Waals surface area contributed by atoms with Crippen molar-refractivity contribution in [3.8, 4) is 0 Å². The number of phosphoric acid groups is 1. The Morgan fingerprint density at radius 1 is 0.519 bits per heavy atom. The smallest absolute Gasteiger partial charge is 0.462 e. The molecule has 0 fully saturated rings. The maximum Gasteiger partial charge on any atom is 0.472 e. The molecular weight excluding hydrogens is 699 g/mol. The predicted octanol–water partition coefficient (Wildman–Crippen LogP) is 14.2. The number of carbonyl (C=O) groups excluding carboxylic acids is 2. The van der Waals surface area contributed by atoms with Crippen LogP contribution in [0.15, 0.2) is 24.3 Å². The zero-order valence-electron chi connectivity index (χ0n) is 35.4. The Bertz CT molecular complexity index is 937. The van der Waals surface area contributed by atoms with Crippen molar-refractivity contribution in [3.05, 3.63) is 24.3 Å². The maximum absolute atomic E-state index is 12.5. The van der Waals surface area contributed by atoms with Gasteiger partial charge in [-0.05, 0) is 44.9 Å². The molecule has 0 bridgehead atoms. The Morgan fingerprint density at radius 2 is 0.889 bits per heavy atom. The summed E-state index contributed by atoms with van der Waals surface area (Å²) in [6.07, 6.45) is 46.6. The van der Waals surface area contributed by atoms with E-state index in [4.69, 9.17) is 14.0 Å². The van der Waals surface area contributed by atoms with Crippen molar-refractivity contribution in [3.63, 3.8) is 0 Å². The summed E-state index contributed by atoms with van der Waals surface area (Å²) < 4.78 is 32.0. The first-order chi connectivity index (χ1) is 26.3. The van der Waals surface area contributed by atoms with Gasteiger partial charge in [0.05, 0.1) is 6.61 Å². The van der Waals surface area contributed by atoms with Crippen molar-refractivity contribution in [1.82, 2.24) is 0 Å². The van der Waals surface area contributed by atoms with Gasteiger partial charge < -0.3 is 14.4 Å². The average Bonchev–Trinajstić information content (AvgIpc) is 3.16. The van der Waals surface area contributed by atoms with Crippen LogP contribution in [0.3, 0.4) is 0 Å². The molecule has 2 unspecified atom stereocenters. The molecule has 0 aliphatic heterocycles. The zero-order chi connectivity index (χ0) is 39.6. The normalized spacial score (nSPS) is 13.5. The fourth-order valence-corrected chi connectivity index (χ4v) is 6.91. The van der Waals surface area contributed by atoms with E-state index in [1.807, 2.05) is 0 Å². The van der Waals surface area contributed by atoms with Crippen LogP contribution in [0.25, 0.3) is 0 Å². The molecule has 0 heterocycles. The molecule has 54 heavy (non-hydrogen) atoms. The molecular formula is C45H85O8P. The highest BCUT2D eigenvalue weighted by atomic mass is 31.2. The van der Waals surface area contributed by atoms with Gasteiger partial charge in [0.15, 0.2) is 6.10 Å². The fourth-order valence-electron chi connectivity index (χ4n) is 6.45. The van der Waals surface area contributed by atoms with Gasteiger partial charge in [-0.25, -0.2) is 4.57 Å². The number of hydrogen-bond donors (Lipinski definition) is 1. The van der Waals surface area contributed by atoms with Gasteiger partial charge in [0.2, 0.25) is 0 Å². The molecule has 0 amide bonds. The molecule has 0 saturated heterocycles. The molecule has 0 aliphatic carbocycles. The summed E-state index contributed by atoms with van der Waals surface area (Å²) in [5.74, 6) is -0.809. The van der Waals surface area contributed by atoms with Crippen LogP contribution in [-0.2, 0) is 32.7 Å². The molecule has 9 heteroatoms. The molecule has 0 rings (SSSR count). The van der Waals surface area contributed by atoms with Crippen LogP contribution in [0.2, 0.25) is 0 Å². The summed E-state index contributed by atoms with van der Waals surface area (Å²) in [4.78, 5) is 34.5. The SMILES string of the molecule is CCCCCC/C=C\C/C=C\CCCCCCCC(=O)OC(COC(=O)CCCCCCCCCCCCCCCCCCCCC)COP(=O)(O)OC. The van der Waals surface area contributed by atoms with Crippen LogP contribution in [0.1, 0.15) is 226 Å².